The third kappa shape index (κ3) is 8.45. The van der Waals surface area contributed by atoms with Crippen LogP contribution in [0.1, 0.15) is 106 Å². The normalized spacial score (nSPS) is 56.6. The van der Waals surface area contributed by atoms with Gasteiger partial charge in [-0.05, 0) is 111 Å². The van der Waals surface area contributed by atoms with E-state index in [9.17, 15) is 45.6 Å². The number of hydrogen-bond acceptors (Lipinski definition) is 17. The smallest absolute Gasteiger partial charge is 0.217 e. The maximum Gasteiger partial charge on any atom is 0.217 e. The molecule has 9 aliphatic rings. The summed E-state index contributed by atoms with van der Waals surface area (Å²) in [7, 11) is 0. The molecule has 0 aromatic rings. The molecule has 0 aromatic heterocycles. The second kappa shape index (κ2) is 18.5. The van der Waals surface area contributed by atoms with Crippen molar-refractivity contribution in [2.75, 3.05) is 19.8 Å². The van der Waals surface area contributed by atoms with Crippen LogP contribution in [0.15, 0.2) is 0 Å². The summed E-state index contributed by atoms with van der Waals surface area (Å²) in [6.07, 6.45) is -10.5. The van der Waals surface area contributed by atoms with Gasteiger partial charge in [0.2, 0.25) is 5.91 Å². The Kier molecular flexibility index (Phi) is 13.9. The van der Waals surface area contributed by atoms with Crippen molar-refractivity contribution < 1.29 is 83.5 Å². The predicted molar refractivity (Wildman–Crippen MR) is 226 cm³/mol. The number of ether oxygens (including phenoxy) is 8. The lowest BCUT2D eigenvalue weighted by Crippen LogP contribution is -2.68. The van der Waals surface area contributed by atoms with E-state index in [1.54, 1.807) is 0 Å². The van der Waals surface area contributed by atoms with Crippen LogP contribution in [-0.4, -0.2) is 177 Å². The van der Waals surface area contributed by atoms with Crippen molar-refractivity contribution in [1.82, 2.24) is 5.32 Å². The molecule has 0 bridgehead atoms. The van der Waals surface area contributed by atoms with Crippen LogP contribution in [0, 0.1) is 52.3 Å². The molecule has 9 N–H and O–H groups in total. The van der Waals surface area contributed by atoms with E-state index in [1.165, 1.54) is 26.7 Å². The molecule has 18 heteroatoms. The van der Waals surface area contributed by atoms with Crippen molar-refractivity contribution in [2.24, 2.45) is 52.3 Å². The van der Waals surface area contributed by atoms with Gasteiger partial charge in [0.15, 0.2) is 24.7 Å². The summed E-state index contributed by atoms with van der Waals surface area (Å²) in [6, 6.07) is -1.16. The van der Waals surface area contributed by atoms with Crippen molar-refractivity contribution >= 4 is 5.91 Å². The van der Waals surface area contributed by atoms with E-state index in [0.717, 1.165) is 58.0 Å². The Bertz CT molecular complexity index is 1670. The van der Waals surface area contributed by atoms with Gasteiger partial charge < -0.3 is 84.1 Å². The maximum atomic E-state index is 12.8. The van der Waals surface area contributed by atoms with E-state index in [0.29, 0.717) is 41.4 Å². The monoisotopic (exact) mass is 928 g/mol. The highest BCUT2D eigenvalue weighted by Gasteiger charge is 2.69. The number of carbonyl (C=O) groups excluding carboxylic acids is 1. The van der Waals surface area contributed by atoms with Gasteiger partial charge in [-0.2, -0.15) is 0 Å². The Hall–Kier alpha value is -1.17. The first-order valence-corrected chi connectivity index (χ1v) is 24.6. The van der Waals surface area contributed by atoms with Crippen LogP contribution in [0.25, 0.3) is 0 Å². The summed E-state index contributed by atoms with van der Waals surface area (Å²) in [5, 5.41) is 87.9. The third-order valence-corrected chi connectivity index (χ3v) is 18.6. The number of amides is 1. The summed E-state index contributed by atoms with van der Waals surface area (Å²) in [6.45, 7) is 12.1. The molecule has 372 valence electrons. The fourth-order valence-electron chi connectivity index (χ4n) is 14.9. The Morgan fingerprint density at radius 1 is 0.708 bits per heavy atom. The maximum absolute atomic E-state index is 12.8. The molecule has 18 nitrogen and oxygen atoms in total. The number of aliphatic hydroxyl groups excluding tert-OH is 8. The summed E-state index contributed by atoms with van der Waals surface area (Å²) in [5.74, 6) is 2.67. The van der Waals surface area contributed by atoms with E-state index in [1.807, 2.05) is 0 Å². The predicted octanol–water partition coefficient (Wildman–Crippen LogP) is 0.438. The molecule has 65 heavy (non-hydrogen) atoms. The Morgan fingerprint density at radius 2 is 1.42 bits per heavy atom. The van der Waals surface area contributed by atoms with Gasteiger partial charge in [0.05, 0.1) is 38.1 Å². The summed E-state index contributed by atoms with van der Waals surface area (Å²) in [5.41, 5.74) is 0.311. The van der Waals surface area contributed by atoms with E-state index in [4.69, 9.17) is 37.9 Å². The lowest BCUT2D eigenvalue weighted by Gasteiger charge is -2.61. The average molecular weight is 928 g/mol. The lowest BCUT2D eigenvalue weighted by molar-refractivity contribution is -0.353. The molecular weight excluding hydrogens is 851 g/mol. The van der Waals surface area contributed by atoms with Gasteiger partial charge >= 0.3 is 0 Å². The molecule has 0 aromatic carbocycles. The molecule has 5 saturated heterocycles. The summed E-state index contributed by atoms with van der Waals surface area (Å²) < 4.78 is 50.3. The zero-order chi connectivity index (χ0) is 46.5. The van der Waals surface area contributed by atoms with Crippen LogP contribution < -0.4 is 5.32 Å². The molecule has 0 radical (unpaired) electrons. The van der Waals surface area contributed by atoms with Gasteiger partial charge in [-0.15, -0.1) is 0 Å². The van der Waals surface area contributed by atoms with E-state index < -0.39 is 117 Å². The molecule has 4 aliphatic carbocycles. The van der Waals surface area contributed by atoms with E-state index in [2.05, 4.69) is 33.0 Å². The first-order valence-electron chi connectivity index (χ1n) is 24.6. The van der Waals surface area contributed by atoms with Crippen LogP contribution in [0.3, 0.4) is 0 Å². The molecule has 9 fully saturated rings. The van der Waals surface area contributed by atoms with Gasteiger partial charge in [-0.1, -0.05) is 27.7 Å². The Morgan fingerprint density at radius 3 is 2.12 bits per heavy atom. The molecule has 5 aliphatic heterocycles. The van der Waals surface area contributed by atoms with Crippen molar-refractivity contribution in [3.8, 4) is 0 Å². The zero-order valence-electron chi connectivity index (χ0n) is 38.8. The van der Waals surface area contributed by atoms with Crippen LogP contribution in [0.5, 0.6) is 0 Å². The summed E-state index contributed by atoms with van der Waals surface area (Å²) >= 11 is 0. The second-order valence-electron chi connectivity index (χ2n) is 22.3. The minimum Gasteiger partial charge on any atom is -0.394 e. The number of carbonyl (C=O) groups is 1. The molecular formula is C47H77NO17. The highest BCUT2D eigenvalue weighted by atomic mass is 16.7. The highest BCUT2D eigenvalue weighted by molar-refractivity contribution is 5.73. The van der Waals surface area contributed by atoms with E-state index in [-0.39, 0.29) is 23.0 Å². The van der Waals surface area contributed by atoms with Crippen molar-refractivity contribution in [3.05, 3.63) is 0 Å². The number of fused-ring (bicyclic) bond motifs is 7. The van der Waals surface area contributed by atoms with Crippen LogP contribution in [0.2, 0.25) is 0 Å². The number of hydrogen-bond donors (Lipinski definition) is 9. The van der Waals surface area contributed by atoms with Crippen molar-refractivity contribution in [3.63, 3.8) is 0 Å². The standard InChI is InChI=1S/C47H77NO17/c1-20-9-14-47(59-18-20)21(2)32-29(65-47)16-28-26-8-7-24-15-25(10-12-45(24,5)27(26)11-13-46(28,32)6)61-42-33(48-23(4)50)41(64-44-40(57)37(54)34(51)22(3)60-44)36(53)31(63-42)19-58-43-39(56)38(55)35(52)30(17-49)62-43/h20-22,24-44,49,51-57H,7-19H2,1-6H3,(H,48,50)/t20-,21+,22+,24+,25+,26-,27+,28+,29+,30-,31-,32+,33-,34+,35+,36-,37-,38+,39-,40-,41-,42-,43-,44+,45+,46+,47-/m1/s1. The number of aliphatic hydroxyl groups is 8. The molecule has 4 saturated carbocycles. The first-order chi connectivity index (χ1) is 30.8. The van der Waals surface area contributed by atoms with Crippen molar-refractivity contribution in [2.45, 2.75) is 216 Å². The molecule has 9 rings (SSSR count). The van der Waals surface area contributed by atoms with E-state index >= 15 is 0 Å². The minimum absolute atomic E-state index is 0.1000. The SMILES string of the molecule is CC(=O)N[C@H]1[C@H](O[C@H]2CC[C@@]3(C)[C@@H](CC[C@@H]4[C@@H]3CC[C@]3(C)[C@@H]5[C@H](C[C@@H]43)O[C@]3(CC[C@@H](C)CO3)[C@H]5C)C2)O[C@H](CO[C@@H]2O[C@H](CO)[C@H](O)[C@H](O)[C@H]2O)[C@@H](O)[C@@H]1O[C@@H]1O[C@@H](C)[C@H](O)[C@@H](O)[C@H]1O. The Labute approximate surface area is 381 Å². The fraction of sp³-hybridized carbons (Fsp3) is 0.979. The van der Waals surface area contributed by atoms with Gasteiger partial charge in [-0.25, -0.2) is 0 Å². The second-order valence-corrected chi connectivity index (χ2v) is 22.3. The van der Waals surface area contributed by atoms with Gasteiger partial charge in [0.1, 0.15) is 67.1 Å². The quantitative estimate of drug-likeness (QED) is 0.142. The minimum atomic E-state index is -1.73. The molecule has 0 unspecified atom stereocenters. The molecule has 27 atom stereocenters. The van der Waals surface area contributed by atoms with Gasteiger partial charge in [0.25, 0.3) is 0 Å². The highest BCUT2D eigenvalue weighted by Crippen LogP contribution is 2.71. The van der Waals surface area contributed by atoms with Crippen LogP contribution in [-0.2, 0) is 42.7 Å². The van der Waals surface area contributed by atoms with Crippen molar-refractivity contribution in [1.29, 1.82) is 0 Å². The fourth-order valence-corrected chi connectivity index (χ4v) is 14.9. The molecule has 5 heterocycles. The Balaban J connectivity index is 0.910. The average Bonchev–Trinajstić information content (AvgIpc) is 3.72. The van der Waals surface area contributed by atoms with Crippen LogP contribution in [0.4, 0.5) is 0 Å². The number of rotatable bonds is 9. The van der Waals surface area contributed by atoms with Crippen LogP contribution >= 0.6 is 0 Å². The van der Waals surface area contributed by atoms with Gasteiger partial charge in [-0.3, -0.25) is 4.79 Å². The first kappa shape index (κ1) is 48.8. The third-order valence-electron chi connectivity index (χ3n) is 18.6. The molecule has 1 spiro atoms. The largest absolute Gasteiger partial charge is 0.394 e. The zero-order valence-corrected chi connectivity index (χ0v) is 38.8. The lowest BCUT2D eigenvalue weighted by atomic mass is 9.44. The van der Waals surface area contributed by atoms with Gasteiger partial charge in [0, 0.05) is 19.3 Å². The topological polar surface area (TPSA) is 265 Å². The molecule has 1 amide bonds. The summed E-state index contributed by atoms with van der Waals surface area (Å²) in [4.78, 5) is 12.8. The number of nitrogens with one attached hydrogen (secondary N) is 1.